The standard InChI is InChI=1S/C29H35F2N3O/c30-25-12-8-23(9-13-25)27(24-10-14-26(31)15-11-24)5-3-17-33-19-21-34(22-20-33)18-4-16-32-28-6-1-2-7-29(28)35/h1-2,6-15,27,32,35H,3-5,16-22H2. The first-order valence-corrected chi connectivity index (χ1v) is 12.6. The van der Waals surface area contributed by atoms with Gasteiger partial charge in [0.15, 0.2) is 0 Å². The predicted molar refractivity (Wildman–Crippen MR) is 138 cm³/mol. The van der Waals surface area contributed by atoms with E-state index in [0.29, 0.717) is 5.75 Å². The van der Waals surface area contributed by atoms with Gasteiger partial charge < -0.3 is 20.2 Å². The molecule has 0 bridgehead atoms. The van der Waals surface area contributed by atoms with Crippen molar-refractivity contribution in [2.45, 2.75) is 25.2 Å². The number of halogens is 2. The molecule has 186 valence electrons. The number of nitrogens with one attached hydrogen (secondary N) is 1. The van der Waals surface area contributed by atoms with E-state index in [0.717, 1.165) is 81.9 Å². The molecule has 1 aliphatic heterocycles. The highest BCUT2D eigenvalue weighted by Gasteiger charge is 2.18. The molecular weight excluding hydrogens is 444 g/mol. The maximum absolute atomic E-state index is 13.4. The van der Waals surface area contributed by atoms with Gasteiger partial charge in [-0.05, 0) is 79.9 Å². The highest BCUT2D eigenvalue weighted by molar-refractivity contribution is 5.55. The van der Waals surface area contributed by atoms with Crippen LogP contribution >= 0.6 is 0 Å². The van der Waals surface area contributed by atoms with E-state index in [2.05, 4.69) is 15.1 Å². The van der Waals surface area contributed by atoms with Gasteiger partial charge in [-0.1, -0.05) is 36.4 Å². The van der Waals surface area contributed by atoms with Crippen LogP contribution in [0.25, 0.3) is 0 Å². The van der Waals surface area contributed by atoms with Crippen molar-refractivity contribution in [3.63, 3.8) is 0 Å². The summed E-state index contributed by atoms with van der Waals surface area (Å²) >= 11 is 0. The van der Waals surface area contributed by atoms with Crippen molar-refractivity contribution in [1.82, 2.24) is 9.80 Å². The monoisotopic (exact) mass is 479 g/mol. The molecule has 0 amide bonds. The molecule has 1 aliphatic rings. The van der Waals surface area contributed by atoms with E-state index in [4.69, 9.17) is 0 Å². The zero-order valence-electron chi connectivity index (χ0n) is 20.2. The Morgan fingerprint density at radius 3 is 1.77 bits per heavy atom. The predicted octanol–water partition coefficient (Wildman–Crippen LogP) is 5.70. The van der Waals surface area contributed by atoms with Crippen LogP contribution in [0.3, 0.4) is 0 Å². The highest BCUT2D eigenvalue weighted by Crippen LogP contribution is 2.30. The third kappa shape index (κ3) is 7.51. The van der Waals surface area contributed by atoms with Crippen molar-refractivity contribution < 1.29 is 13.9 Å². The summed E-state index contributed by atoms with van der Waals surface area (Å²) in [5.74, 6) is -0.0480. The topological polar surface area (TPSA) is 38.7 Å². The molecule has 35 heavy (non-hydrogen) atoms. The second-order valence-corrected chi connectivity index (χ2v) is 9.28. The minimum absolute atomic E-state index is 0.133. The fraction of sp³-hybridized carbons (Fsp3) is 0.379. The Bertz CT molecular complexity index is 989. The van der Waals surface area contributed by atoms with Crippen LogP contribution in [0, 0.1) is 11.6 Å². The Labute approximate surface area is 207 Å². The quantitative estimate of drug-likeness (QED) is 0.273. The molecule has 4 nitrogen and oxygen atoms in total. The normalized spacial score (nSPS) is 14.9. The first-order chi connectivity index (χ1) is 17.1. The maximum Gasteiger partial charge on any atom is 0.138 e. The van der Waals surface area contributed by atoms with Gasteiger partial charge in [0.25, 0.3) is 0 Å². The van der Waals surface area contributed by atoms with Crippen molar-refractivity contribution >= 4 is 5.69 Å². The zero-order chi connectivity index (χ0) is 24.5. The smallest absolute Gasteiger partial charge is 0.138 e. The van der Waals surface area contributed by atoms with Crippen molar-refractivity contribution in [1.29, 1.82) is 0 Å². The maximum atomic E-state index is 13.4. The van der Waals surface area contributed by atoms with E-state index in [-0.39, 0.29) is 17.6 Å². The van der Waals surface area contributed by atoms with Gasteiger partial charge in [-0.25, -0.2) is 8.78 Å². The third-order valence-corrected chi connectivity index (χ3v) is 6.85. The third-order valence-electron chi connectivity index (χ3n) is 6.85. The molecule has 1 heterocycles. The first kappa shape index (κ1) is 25.1. The summed E-state index contributed by atoms with van der Waals surface area (Å²) in [6.45, 7) is 7.17. The molecule has 0 saturated carbocycles. The van der Waals surface area contributed by atoms with Crippen LogP contribution in [0.2, 0.25) is 0 Å². The SMILES string of the molecule is Oc1ccccc1NCCCN1CCN(CCCC(c2ccc(F)cc2)c2ccc(F)cc2)CC1. The molecular formula is C29H35F2N3O. The van der Waals surface area contributed by atoms with Crippen molar-refractivity contribution in [3.8, 4) is 5.75 Å². The number of aromatic hydroxyl groups is 1. The second-order valence-electron chi connectivity index (χ2n) is 9.28. The second kappa shape index (κ2) is 12.7. The van der Waals surface area contributed by atoms with Crippen molar-refractivity contribution in [3.05, 3.63) is 95.6 Å². The molecule has 0 aliphatic carbocycles. The van der Waals surface area contributed by atoms with Gasteiger partial charge >= 0.3 is 0 Å². The van der Waals surface area contributed by atoms with Gasteiger partial charge in [-0.3, -0.25) is 0 Å². The zero-order valence-corrected chi connectivity index (χ0v) is 20.2. The average molecular weight is 480 g/mol. The summed E-state index contributed by atoms with van der Waals surface area (Å²) in [5.41, 5.74) is 2.93. The van der Waals surface area contributed by atoms with Crippen LogP contribution in [-0.2, 0) is 0 Å². The lowest BCUT2D eigenvalue weighted by Gasteiger charge is -2.35. The Hall–Kier alpha value is -2.96. The van der Waals surface area contributed by atoms with E-state index < -0.39 is 0 Å². The van der Waals surface area contributed by atoms with E-state index in [9.17, 15) is 13.9 Å². The van der Waals surface area contributed by atoms with Gasteiger partial charge in [0, 0.05) is 38.6 Å². The van der Waals surface area contributed by atoms with Crippen LogP contribution < -0.4 is 5.32 Å². The lowest BCUT2D eigenvalue weighted by Crippen LogP contribution is -2.47. The van der Waals surface area contributed by atoms with E-state index in [1.807, 2.05) is 42.5 Å². The van der Waals surface area contributed by atoms with Gasteiger partial charge in [0.2, 0.25) is 0 Å². The number of para-hydroxylation sites is 2. The molecule has 6 heteroatoms. The summed E-state index contributed by atoms with van der Waals surface area (Å²) in [7, 11) is 0. The van der Waals surface area contributed by atoms with Crippen LogP contribution in [-0.4, -0.2) is 60.7 Å². The summed E-state index contributed by atoms with van der Waals surface area (Å²) in [5, 5.41) is 13.1. The average Bonchev–Trinajstić information content (AvgIpc) is 2.88. The molecule has 0 unspecified atom stereocenters. The molecule has 0 radical (unpaired) electrons. The summed E-state index contributed by atoms with van der Waals surface area (Å²) < 4.78 is 26.9. The Morgan fingerprint density at radius 1 is 0.714 bits per heavy atom. The van der Waals surface area contributed by atoms with Crippen LogP contribution in [0.1, 0.15) is 36.3 Å². The number of hydrogen-bond acceptors (Lipinski definition) is 4. The number of benzene rings is 3. The number of phenols is 1. The molecule has 1 saturated heterocycles. The van der Waals surface area contributed by atoms with Gasteiger partial charge in [-0.2, -0.15) is 0 Å². The molecule has 2 N–H and O–H groups in total. The van der Waals surface area contributed by atoms with Crippen LogP contribution in [0.5, 0.6) is 5.75 Å². The largest absolute Gasteiger partial charge is 0.506 e. The fourth-order valence-electron chi connectivity index (χ4n) is 4.82. The first-order valence-electron chi connectivity index (χ1n) is 12.6. The summed E-state index contributed by atoms with van der Waals surface area (Å²) in [4.78, 5) is 5.02. The molecule has 0 atom stereocenters. The number of anilines is 1. The Balaban J connectivity index is 1.19. The van der Waals surface area contributed by atoms with Crippen LogP contribution in [0.15, 0.2) is 72.8 Å². The number of piperazine rings is 1. The van der Waals surface area contributed by atoms with Gasteiger partial charge in [0.1, 0.15) is 17.4 Å². The molecule has 0 aromatic heterocycles. The summed E-state index contributed by atoms with van der Waals surface area (Å²) in [6, 6.07) is 20.7. The van der Waals surface area contributed by atoms with Gasteiger partial charge in [0.05, 0.1) is 5.69 Å². The minimum Gasteiger partial charge on any atom is -0.506 e. The molecule has 3 aromatic rings. The number of nitrogens with zero attached hydrogens (tertiary/aromatic N) is 2. The van der Waals surface area contributed by atoms with Crippen molar-refractivity contribution in [2.24, 2.45) is 0 Å². The number of rotatable bonds is 11. The molecule has 3 aromatic carbocycles. The Kier molecular flexibility index (Phi) is 9.09. The van der Waals surface area contributed by atoms with Gasteiger partial charge in [-0.15, -0.1) is 0 Å². The van der Waals surface area contributed by atoms with E-state index in [1.54, 1.807) is 6.07 Å². The van der Waals surface area contributed by atoms with Crippen LogP contribution in [0.4, 0.5) is 14.5 Å². The number of hydrogen-bond donors (Lipinski definition) is 2. The molecule has 1 fully saturated rings. The minimum atomic E-state index is -0.238. The lowest BCUT2D eigenvalue weighted by molar-refractivity contribution is 0.130. The van der Waals surface area contributed by atoms with Crippen molar-refractivity contribution in [2.75, 3.05) is 51.1 Å². The Morgan fingerprint density at radius 2 is 1.23 bits per heavy atom. The molecule has 0 spiro atoms. The highest BCUT2D eigenvalue weighted by atomic mass is 19.1. The van der Waals surface area contributed by atoms with E-state index in [1.165, 1.54) is 24.3 Å². The lowest BCUT2D eigenvalue weighted by atomic mass is 9.87. The number of phenolic OH excluding ortho intramolecular Hbond substituents is 1. The van der Waals surface area contributed by atoms with E-state index >= 15 is 0 Å². The summed E-state index contributed by atoms with van der Waals surface area (Å²) in [6.07, 6.45) is 3.00. The fourth-order valence-corrected chi connectivity index (χ4v) is 4.82. The molecule has 4 rings (SSSR count).